The molecule has 0 aliphatic heterocycles. The van der Waals surface area contributed by atoms with E-state index in [1.165, 1.54) is 19.9 Å². The maximum absolute atomic E-state index is 11.3. The third kappa shape index (κ3) is 3.50. The normalized spacial score (nSPS) is 15.4. The summed E-state index contributed by atoms with van der Waals surface area (Å²) in [5.74, 6) is -2.18. The van der Waals surface area contributed by atoms with Crippen molar-refractivity contribution in [3.05, 3.63) is 11.6 Å². The number of hydrogen-bond acceptors (Lipinski definition) is 6. The molecule has 0 aromatic heterocycles. The van der Waals surface area contributed by atoms with E-state index in [0.29, 0.717) is 5.56 Å². The Morgan fingerprint density at radius 1 is 1.05 bits per heavy atom. The first kappa shape index (κ1) is 16.1. The molecule has 6 nitrogen and oxygen atoms in total. The number of hydrogen-bond donors (Lipinski definition) is 2. The zero-order valence-corrected chi connectivity index (χ0v) is 12.7. The van der Waals surface area contributed by atoms with Gasteiger partial charge in [-0.05, 0) is 18.8 Å². The lowest BCUT2D eigenvalue weighted by Crippen LogP contribution is -2.11. The molecule has 0 spiro atoms. The number of phenols is 2. The molecule has 22 heavy (non-hydrogen) atoms. The van der Waals surface area contributed by atoms with Crippen LogP contribution in [-0.4, -0.2) is 22.2 Å². The van der Waals surface area contributed by atoms with Crippen LogP contribution in [-0.2, 0) is 9.59 Å². The minimum Gasteiger partial charge on any atom is -0.507 e. The van der Waals surface area contributed by atoms with Gasteiger partial charge in [-0.2, -0.15) is 0 Å². The average Bonchev–Trinajstić information content (AvgIpc) is 2.44. The zero-order chi connectivity index (χ0) is 16.3. The first-order valence-corrected chi connectivity index (χ1v) is 7.35. The van der Waals surface area contributed by atoms with Gasteiger partial charge in [0.25, 0.3) is 0 Å². The van der Waals surface area contributed by atoms with Crippen molar-refractivity contribution in [1.82, 2.24) is 0 Å². The van der Waals surface area contributed by atoms with Crippen LogP contribution in [0.15, 0.2) is 6.07 Å². The smallest absolute Gasteiger partial charge is 0.308 e. The lowest BCUT2D eigenvalue weighted by molar-refractivity contribution is -0.132. The topological polar surface area (TPSA) is 93.1 Å². The molecule has 0 bridgehead atoms. The summed E-state index contributed by atoms with van der Waals surface area (Å²) in [4.78, 5) is 22.4. The number of esters is 2. The quantitative estimate of drug-likeness (QED) is 0.506. The van der Waals surface area contributed by atoms with Crippen LogP contribution in [0.1, 0.15) is 57.4 Å². The third-order valence-electron chi connectivity index (χ3n) is 3.75. The Hall–Kier alpha value is -2.24. The molecule has 0 unspecified atom stereocenters. The molecule has 1 aromatic carbocycles. The van der Waals surface area contributed by atoms with Crippen LogP contribution < -0.4 is 9.47 Å². The molecule has 1 aliphatic rings. The van der Waals surface area contributed by atoms with Crippen molar-refractivity contribution in [3.8, 4) is 23.0 Å². The molecule has 0 radical (unpaired) electrons. The summed E-state index contributed by atoms with van der Waals surface area (Å²) in [7, 11) is 0. The van der Waals surface area contributed by atoms with Crippen LogP contribution in [0.4, 0.5) is 0 Å². The van der Waals surface area contributed by atoms with Gasteiger partial charge in [0.2, 0.25) is 5.75 Å². The number of ether oxygens (including phenoxy) is 2. The van der Waals surface area contributed by atoms with Crippen molar-refractivity contribution < 1.29 is 29.3 Å². The van der Waals surface area contributed by atoms with Crippen LogP contribution in [0.25, 0.3) is 0 Å². The van der Waals surface area contributed by atoms with Gasteiger partial charge in [-0.3, -0.25) is 9.59 Å². The second-order valence-corrected chi connectivity index (χ2v) is 5.51. The molecule has 1 aliphatic carbocycles. The highest BCUT2D eigenvalue weighted by Crippen LogP contribution is 2.50. The van der Waals surface area contributed by atoms with Gasteiger partial charge >= 0.3 is 11.9 Å². The SMILES string of the molecule is CC(=O)Oc1cc(O)c(C2CCCCC2)c(OC(C)=O)c1O. The highest BCUT2D eigenvalue weighted by Gasteiger charge is 2.28. The van der Waals surface area contributed by atoms with Crippen molar-refractivity contribution in [3.63, 3.8) is 0 Å². The molecule has 1 saturated carbocycles. The molecule has 6 heteroatoms. The molecular formula is C16H20O6. The summed E-state index contributed by atoms with van der Waals surface area (Å²) in [6, 6.07) is 1.19. The summed E-state index contributed by atoms with van der Waals surface area (Å²) in [5, 5.41) is 20.5. The molecule has 1 fully saturated rings. The Bertz CT molecular complexity index is 587. The van der Waals surface area contributed by atoms with Crippen molar-refractivity contribution in [1.29, 1.82) is 0 Å². The molecule has 0 saturated heterocycles. The standard InChI is InChI=1S/C16H20O6/c1-9(17)21-13-8-12(19)14(11-6-4-3-5-7-11)16(15(13)20)22-10(2)18/h8,11,19-20H,3-7H2,1-2H3. The van der Waals surface area contributed by atoms with Crippen LogP contribution in [0.3, 0.4) is 0 Å². The number of rotatable bonds is 3. The number of aromatic hydroxyl groups is 2. The van der Waals surface area contributed by atoms with Crippen LogP contribution >= 0.6 is 0 Å². The van der Waals surface area contributed by atoms with E-state index in [9.17, 15) is 19.8 Å². The Balaban J connectivity index is 2.52. The summed E-state index contributed by atoms with van der Waals surface area (Å²) in [6.07, 6.45) is 4.83. The van der Waals surface area contributed by atoms with E-state index in [2.05, 4.69) is 0 Å². The van der Waals surface area contributed by atoms with Gasteiger partial charge in [-0.25, -0.2) is 0 Å². The van der Waals surface area contributed by atoms with Crippen molar-refractivity contribution in [2.24, 2.45) is 0 Å². The molecule has 2 rings (SSSR count). The Morgan fingerprint density at radius 2 is 1.64 bits per heavy atom. The first-order chi connectivity index (χ1) is 10.4. The molecule has 120 valence electrons. The minimum absolute atomic E-state index is 0.000350. The van der Waals surface area contributed by atoms with Gasteiger partial charge in [-0.15, -0.1) is 0 Å². The van der Waals surface area contributed by atoms with Crippen molar-refractivity contribution >= 4 is 11.9 Å². The highest BCUT2D eigenvalue weighted by molar-refractivity contribution is 5.76. The van der Waals surface area contributed by atoms with Gasteiger partial charge in [-0.1, -0.05) is 19.3 Å². The number of benzene rings is 1. The van der Waals surface area contributed by atoms with E-state index in [1.807, 2.05) is 0 Å². The van der Waals surface area contributed by atoms with Gasteiger partial charge in [0.15, 0.2) is 11.5 Å². The van der Waals surface area contributed by atoms with Crippen LogP contribution in [0, 0.1) is 0 Å². The minimum atomic E-state index is -0.645. The van der Waals surface area contributed by atoms with E-state index in [-0.39, 0.29) is 23.2 Å². The van der Waals surface area contributed by atoms with Gasteiger partial charge in [0.1, 0.15) is 5.75 Å². The van der Waals surface area contributed by atoms with E-state index in [1.54, 1.807) is 0 Å². The van der Waals surface area contributed by atoms with Gasteiger partial charge < -0.3 is 19.7 Å². The fourth-order valence-corrected chi connectivity index (χ4v) is 2.89. The summed E-state index contributed by atoms with van der Waals surface area (Å²) in [6.45, 7) is 2.39. The second kappa shape index (κ2) is 6.68. The molecule has 0 heterocycles. The van der Waals surface area contributed by atoms with E-state index in [4.69, 9.17) is 9.47 Å². The maximum Gasteiger partial charge on any atom is 0.308 e. The lowest BCUT2D eigenvalue weighted by atomic mass is 9.83. The van der Waals surface area contributed by atoms with Crippen molar-refractivity contribution in [2.45, 2.75) is 51.9 Å². The highest BCUT2D eigenvalue weighted by atomic mass is 16.6. The van der Waals surface area contributed by atoms with Crippen molar-refractivity contribution in [2.75, 3.05) is 0 Å². The summed E-state index contributed by atoms with van der Waals surface area (Å²) < 4.78 is 9.94. The molecule has 2 N–H and O–H groups in total. The second-order valence-electron chi connectivity index (χ2n) is 5.51. The predicted molar refractivity (Wildman–Crippen MR) is 78.2 cm³/mol. The lowest BCUT2D eigenvalue weighted by Gasteiger charge is -2.25. The molecule has 0 amide bonds. The Labute approximate surface area is 128 Å². The molecular weight excluding hydrogens is 288 g/mol. The number of phenolic OH excluding ortho intramolecular Hbond substituents is 2. The monoisotopic (exact) mass is 308 g/mol. The fourth-order valence-electron chi connectivity index (χ4n) is 2.89. The van der Waals surface area contributed by atoms with E-state index in [0.717, 1.165) is 32.1 Å². The predicted octanol–water partition coefficient (Wildman–Crippen LogP) is 3.00. The Kier molecular flexibility index (Phi) is 4.90. The first-order valence-electron chi connectivity index (χ1n) is 7.35. The largest absolute Gasteiger partial charge is 0.507 e. The third-order valence-corrected chi connectivity index (χ3v) is 3.75. The van der Waals surface area contributed by atoms with Gasteiger partial charge in [0, 0.05) is 25.5 Å². The number of carbonyl (C=O) groups excluding carboxylic acids is 2. The van der Waals surface area contributed by atoms with E-state index >= 15 is 0 Å². The molecule has 0 atom stereocenters. The van der Waals surface area contributed by atoms with Crippen LogP contribution in [0.2, 0.25) is 0 Å². The average molecular weight is 308 g/mol. The zero-order valence-electron chi connectivity index (χ0n) is 12.7. The number of carbonyl (C=O) groups is 2. The van der Waals surface area contributed by atoms with E-state index < -0.39 is 17.7 Å². The van der Waals surface area contributed by atoms with Gasteiger partial charge in [0.05, 0.1) is 0 Å². The van der Waals surface area contributed by atoms with Crippen LogP contribution in [0.5, 0.6) is 23.0 Å². The summed E-state index contributed by atoms with van der Waals surface area (Å²) in [5.41, 5.74) is 0.406. The molecule has 1 aromatic rings. The fraction of sp³-hybridized carbons (Fsp3) is 0.500. The summed E-state index contributed by atoms with van der Waals surface area (Å²) >= 11 is 0. The maximum atomic E-state index is 11.3. The Morgan fingerprint density at radius 3 is 2.18 bits per heavy atom.